The molecule has 0 aliphatic heterocycles. The minimum atomic E-state index is -0.563. The van der Waals surface area contributed by atoms with Crippen LogP contribution in [0.3, 0.4) is 0 Å². The first-order valence-electron chi connectivity index (χ1n) is 5.19. The van der Waals surface area contributed by atoms with E-state index in [1.54, 1.807) is 12.1 Å². The molecule has 0 spiro atoms. The Labute approximate surface area is 129 Å². The summed E-state index contributed by atoms with van der Waals surface area (Å²) in [5.74, 6) is -0.563. The molecule has 2 N–H and O–H groups in total. The van der Waals surface area contributed by atoms with Crippen molar-refractivity contribution in [2.24, 2.45) is 5.73 Å². The molecule has 2 nitrogen and oxygen atoms in total. The number of amides is 1. The van der Waals surface area contributed by atoms with Crippen molar-refractivity contribution in [1.82, 2.24) is 0 Å². The van der Waals surface area contributed by atoms with Gasteiger partial charge >= 0.3 is 0 Å². The van der Waals surface area contributed by atoms with Crippen molar-refractivity contribution in [2.75, 3.05) is 0 Å². The van der Waals surface area contributed by atoms with Gasteiger partial charge in [-0.05, 0) is 36.4 Å². The predicted molar refractivity (Wildman–Crippen MR) is 80.6 cm³/mol. The molecule has 2 aromatic rings. The molecule has 0 radical (unpaired) electrons. The third-order valence-electron chi connectivity index (χ3n) is 2.32. The van der Waals surface area contributed by atoms with Crippen LogP contribution in [-0.4, -0.2) is 5.91 Å². The Morgan fingerprint density at radius 3 is 2.00 bits per heavy atom. The number of primary amides is 1. The maximum absolute atomic E-state index is 11.1. The van der Waals surface area contributed by atoms with Gasteiger partial charge in [-0.25, -0.2) is 0 Å². The van der Waals surface area contributed by atoms with Crippen LogP contribution in [0, 0.1) is 0 Å². The first-order chi connectivity index (χ1) is 8.97. The first-order valence-corrected chi connectivity index (χ1v) is 7.14. The van der Waals surface area contributed by atoms with Crippen LogP contribution in [-0.2, 0) is 0 Å². The molecule has 0 aliphatic rings. The average Bonchev–Trinajstić information content (AvgIpc) is 2.35. The Morgan fingerprint density at radius 2 is 1.53 bits per heavy atom. The Morgan fingerprint density at radius 1 is 1.00 bits per heavy atom. The Kier molecular flexibility index (Phi) is 4.63. The van der Waals surface area contributed by atoms with Gasteiger partial charge in [0.1, 0.15) is 0 Å². The summed E-state index contributed by atoms with van der Waals surface area (Å²) in [6.45, 7) is 0. The fourth-order valence-electron chi connectivity index (χ4n) is 1.42. The number of carbonyl (C=O) groups is 1. The fourth-order valence-corrected chi connectivity index (χ4v) is 3.09. The van der Waals surface area contributed by atoms with Gasteiger partial charge in [0.05, 0.1) is 10.0 Å². The van der Waals surface area contributed by atoms with Crippen LogP contribution in [0.25, 0.3) is 0 Å². The normalized spacial score (nSPS) is 10.5. The lowest BCUT2D eigenvalue weighted by molar-refractivity contribution is 0.1000. The highest BCUT2D eigenvalue weighted by Gasteiger charge is 2.12. The van der Waals surface area contributed by atoms with Crippen molar-refractivity contribution in [1.29, 1.82) is 0 Å². The van der Waals surface area contributed by atoms with Gasteiger partial charge in [-0.2, -0.15) is 0 Å². The standard InChI is InChI=1S/C13H8Cl3NOS/c14-8-1-3-9(4-2-8)19-12-10(15)5-7(13(17)18)6-11(12)16/h1-6H,(H2,17,18). The highest BCUT2D eigenvalue weighted by molar-refractivity contribution is 7.99. The van der Waals surface area contributed by atoms with Gasteiger partial charge in [-0.3, -0.25) is 4.79 Å². The second-order valence-electron chi connectivity index (χ2n) is 3.69. The minimum absolute atomic E-state index is 0.287. The Bertz CT molecular complexity index is 605. The lowest BCUT2D eigenvalue weighted by Gasteiger charge is -2.08. The minimum Gasteiger partial charge on any atom is -0.366 e. The summed E-state index contributed by atoms with van der Waals surface area (Å²) < 4.78 is 0. The summed E-state index contributed by atoms with van der Waals surface area (Å²) in [5, 5.41) is 1.44. The third-order valence-corrected chi connectivity index (χ3v) is 4.54. The molecule has 98 valence electrons. The molecule has 0 saturated carbocycles. The maximum Gasteiger partial charge on any atom is 0.248 e. The van der Waals surface area contributed by atoms with Crippen LogP contribution in [0.5, 0.6) is 0 Å². The molecule has 0 aliphatic carbocycles. The van der Waals surface area contributed by atoms with E-state index in [9.17, 15) is 4.79 Å². The number of hydrogen-bond donors (Lipinski definition) is 1. The Balaban J connectivity index is 2.35. The SMILES string of the molecule is NC(=O)c1cc(Cl)c(Sc2ccc(Cl)cc2)c(Cl)c1. The van der Waals surface area contributed by atoms with E-state index in [0.29, 0.717) is 20.0 Å². The second kappa shape index (κ2) is 6.06. The molecule has 0 atom stereocenters. The number of rotatable bonds is 3. The molecule has 0 fully saturated rings. The monoisotopic (exact) mass is 331 g/mol. The van der Waals surface area contributed by atoms with Gasteiger partial charge < -0.3 is 5.73 Å². The van der Waals surface area contributed by atoms with E-state index in [-0.39, 0.29) is 5.56 Å². The smallest absolute Gasteiger partial charge is 0.248 e. The molecule has 2 aromatic carbocycles. The second-order valence-corrected chi connectivity index (χ2v) is 6.02. The molecule has 6 heteroatoms. The highest BCUT2D eigenvalue weighted by atomic mass is 35.5. The van der Waals surface area contributed by atoms with Crippen LogP contribution >= 0.6 is 46.6 Å². The van der Waals surface area contributed by atoms with E-state index in [1.807, 2.05) is 12.1 Å². The van der Waals surface area contributed by atoms with Gasteiger partial charge in [-0.15, -0.1) is 0 Å². The van der Waals surface area contributed by atoms with Gasteiger partial charge in [0, 0.05) is 20.4 Å². The van der Waals surface area contributed by atoms with Crippen LogP contribution in [0.15, 0.2) is 46.2 Å². The number of benzene rings is 2. The molecule has 19 heavy (non-hydrogen) atoms. The molecule has 0 bridgehead atoms. The van der Waals surface area contributed by atoms with Gasteiger partial charge in [0.2, 0.25) is 5.91 Å². The van der Waals surface area contributed by atoms with E-state index < -0.39 is 5.91 Å². The molecule has 0 heterocycles. The molecule has 1 amide bonds. The van der Waals surface area contributed by atoms with Crippen LogP contribution in [0.1, 0.15) is 10.4 Å². The number of hydrogen-bond acceptors (Lipinski definition) is 2. The largest absolute Gasteiger partial charge is 0.366 e. The molecule has 2 rings (SSSR count). The predicted octanol–water partition coefficient (Wildman–Crippen LogP) is 4.90. The van der Waals surface area contributed by atoms with Crippen molar-refractivity contribution in [3.05, 3.63) is 57.0 Å². The van der Waals surface area contributed by atoms with Crippen LogP contribution in [0.2, 0.25) is 15.1 Å². The Hall–Kier alpha value is -0.870. The lowest BCUT2D eigenvalue weighted by Crippen LogP contribution is -2.10. The lowest BCUT2D eigenvalue weighted by atomic mass is 10.2. The van der Waals surface area contributed by atoms with E-state index in [1.165, 1.54) is 23.9 Å². The number of nitrogens with two attached hydrogens (primary N) is 1. The van der Waals surface area contributed by atoms with Crippen molar-refractivity contribution < 1.29 is 4.79 Å². The fraction of sp³-hybridized carbons (Fsp3) is 0. The molecule has 0 aromatic heterocycles. The molecule has 0 saturated heterocycles. The van der Waals surface area contributed by atoms with Crippen molar-refractivity contribution in [3.8, 4) is 0 Å². The van der Waals surface area contributed by atoms with Gasteiger partial charge in [0.25, 0.3) is 0 Å². The summed E-state index contributed by atoms with van der Waals surface area (Å²) in [6, 6.07) is 10.3. The van der Waals surface area contributed by atoms with Crippen LogP contribution in [0.4, 0.5) is 0 Å². The van der Waals surface area contributed by atoms with Crippen molar-refractivity contribution in [3.63, 3.8) is 0 Å². The van der Waals surface area contributed by atoms with Gasteiger partial charge in [0.15, 0.2) is 0 Å². The third kappa shape index (κ3) is 3.57. The number of halogens is 3. The summed E-state index contributed by atoms with van der Waals surface area (Å²) in [7, 11) is 0. The zero-order valence-corrected chi connectivity index (χ0v) is 12.6. The number of carbonyl (C=O) groups excluding carboxylic acids is 1. The summed E-state index contributed by atoms with van der Waals surface area (Å²) >= 11 is 19.5. The first kappa shape index (κ1) is 14.5. The average molecular weight is 333 g/mol. The zero-order valence-electron chi connectivity index (χ0n) is 9.49. The quantitative estimate of drug-likeness (QED) is 0.869. The highest BCUT2D eigenvalue weighted by Crippen LogP contribution is 2.39. The van der Waals surface area contributed by atoms with E-state index in [2.05, 4.69) is 0 Å². The van der Waals surface area contributed by atoms with Crippen molar-refractivity contribution >= 4 is 52.5 Å². The van der Waals surface area contributed by atoms with Crippen LogP contribution < -0.4 is 5.73 Å². The topological polar surface area (TPSA) is 43.1 Å². The zero-order chi connectivity index (χ0) is 14.0. The molecular weight excluding hydrogens is 325 g/mol. The van der Waals surface area contributed by atoms with E-state index in [0.717, 1.165) is 4.90 Å². The molecular formula is C13H8Cl3NOS. The summed E-state index contributed by atoms with van der Waals surface area (Å²) in [5.41, 5.74) is 5.48. The maximum atomic E-state index is 11.1. The van der Waals surface area contributed by atoms with Crippen molar-refractivity contribution in [2.45, 2.75) is 9.79 Å². The van der Waals surface area contributed by atoms with E-state index >= 15 is 0 Å². The summed E-state index contributed by atoms with van der Waals surface area (Å²) in [4.78, 5) is 12.7. The summed E-state index contributed by atoms with van der Waals surface area (Å²) in [6.07, 6.45) is 0. The van der Waals surface area contributed by atoms with E-state index in [4.69, 9.17) is 40.5 Å². The van der Waals surface area contributed by atoms with Gasteiger partial charge in [-0.1, -0.05) is 46.6 Å². The molecule has 0 unspecified atom stereocenters.